The highest BCUT2D eigenvalue weighted by Crippen LogP contribution is 2.23. The van der Waals surface area contributed by atoms with E-state index in [0.29, 0.717) is 0 Å². The molecular weight excluding hydrogens is 286 g/mol. The number of ether oxygens (including phenoxy) is 1. The van der Waals surface area contributed by atoms with Crippen LogP contribution in [-0.4, -0.2) is 24.6 Å². The highest BCUT2D eigenvalue weighted by Gasteiger charge is 2.18. The maximum atomic E-state index is 12.2. The van der Waals surface area contributed by atoms with Crippen molar-refractivity contribution in [1.29, 1.82) is 0 Å². The first kappa shape index (κ1) is 18.0. The standard InChI is InChI=1S/C17H26ClNO2/c1-4-6-9-15-10-7-8-11-16(15)19(17(20)12-18)13-21-14(3)5-2/h7-8,10-11,14H,4-6,9,12-13H2,1-3H3. The quantitative estimate of drug-likeness (QED) is 0.500. The summed E-state index contributed by atoms with van der Waals surface area (Å²) >= 11 is 5.76. The van der Waals surface area contributed by atoms with E-state index in [1.54, 1.807) is 4.90 Å². The summed E-state index contributed by atoms with van der Waals surface area (Å²) in [6.07, 6.45) is 4.23. The first-order valence-corrected chi connectivity index (χ1v) is 8.23. The molecule has 0 aromatic heterocycles. The van der Waals surface area contributed by atoms with Gasteiger partial charge in [-0.25, -0.2) is 0 Å². The number of rotatable bonds is 9. The highest BCUT2D eigenvalue weighted by molar-refractivity contribution is 6.29. The predicted octanol–water partition coefficient (Wildman–Crippen LogP) is 4.37. The van der Waals surface area contributed by atoms with Gasteiger partial charge in [0.05, 0.1) is 6.10 Å². The third-order valence-corrected chi connectivity index (χ3v) is 3.79. The Labute approximate surface area is 133 Å². The molecule has 1 atom stereocenters. The summed E-state index contributed by atoms with van der Waals surface area (Å²) < 4.78 is 5.74. The SMILES string of the molecule is CCCCc1ccccc1N(COC(C)CC)C(=O)CCl. The molecule has 1 amide bonds. The number of amides is 1. The first-order chi connectivity index (χ1) is 10.1. The van der Waals surface area contributed by atoms with Crippen molar-refractivity contribution >= 4 is 23.2 Å². The number of carbonyl (C=O) groups excluding carboxylic acids is 1. The van der Waals surface area contributed by atoms with Crippen molar-refractivity contribution < 1.29 is 9.53 Å². The Hall–Kier alpha value is -1.06. The lowest BCUT2D eigenvalue weighted by Gasteiger charge is -2.26. The molecule has 0 spiro atoms. The molecule has 3 nitrogen and oxygen atoms in total. The van der Waals surface area contributed by atoms with Gasteiger partial charge in [-0.3, -0.25) is 9.69 Å². The van der Waals surface area contributed by atoms with Gasteiger partial charge in [0.15, 0.2) is 0 Å². The van der Waals surface area contributed by atoms with E-state index in [2.05, 4.69) is 19.9 Å². The lowest BCUT2D eigenvalue weighted by molar-refractivity contribution is -0.117. The number of nitrogens with zero attached hydrogens (tertiary/aromatic N) is 1. The summed E-state index contributed by atoms with van der Waals surface area (Å²) in [7, 11) is 0. The maximum Gasteiger partial charge on any atom is 0.243 e. The van der Waals surface area contributed by atoms with Crippen LogP contribution in [0.2, 0.25) is 0 Å². The number of hydrogen-bond donors (Lipinski definition) is 0. The number of benzene rings is 1. The van der Waals surface area contributed by atoms with E-state index in [-0.39, 0.29) is 24.6 Å². The number of carbonyl (C=O) groups is 1. The van der Waals surface area contributed by atoms with Gasteiger partial charge in [-0.05, 0) is 37.8 Å². The maximum absolute atomic E-state index is 12.2. The Morgan fingerprint density at radius 2 is 2.05 bits per heavy atom. The van der Waals surface area contributed by atoms with Crippen LogP contribution >= 0.6 is 11.6 Å². The molecule has 0 radical (unpaired) electrons. The fraction of sp³-hybridized carbons (Fsp3) is 0.588. The number of alkyl halides is 1. The molecule has 0 fully saturated rings. The highest BCUT2D eigenvalue weighted by atomic mass is 35.5. The monoisotopic (exact) mass is 311 g/mol. The number of halogens is 1. The van der Waals surface area contributed by atoms with Crippen LogP contribution in [0.5, 0.6) is 0 Å². The molecule has 0 bridgehead atoms. The van der Waals surface area contributed by atoms with Gasteiger partial charge in [-0.15, -0.1) is 11.6 Å². The molecule has 0 saturated carbocycles. The molecule has 1 aromatic rings. The van der Waals surface area contributed by atoms with Crippen molar-refractivity contribution in [3.63, 3.8) is 0 Å². The van der Waals surface area contributed by atoms with Gasteiger partial charge < -0.3 is 4.74 Å². The van der Waals surface area contributed by atoms with Crippen LogP contribution in [0.25, 0.3) is 0 Å². The second kappa shape index (κ2) is 9.80. The molecule has 1 aromatic carbocycles. The molecule has 0 aliphatic rings. The van der Waals surface area contributed by atoms with Crippen molar-refractivity contribution in [2.24, 2.45) is 0 Å². The van der Waals surface area contributed by atoms with Crippen molar-refractivity contribution in [2.45, 2.75) is 52.6 Å². The molecule has 0 aliphatic carbocycles. The molecule has 1 unspecified atom stereocenters. The van der Waals surface area contributed by atoms with Crippen LogP contribution in [0.1, 0.15) is 45.6 Å². The van der Waals surface area contributed by atoms with Gasteiger partial charge in [0.2, 0.25) is 5.91 Å². The summed E-state index contributed by atoms with van der Waals surface area (Å²) in [6, 6.07) is 7.99. The smallest absolute Gasteiger partial charge is 0.243 e. The zero-order valence-corrected chi connectivity index (χ0v) is 14.0. The molecule has 0 saturated heterocycles. The third kappa shape index (κ3) is 5.68. The van der Waals surface area contributed by atoms with Gasteiger partial charge in [0.25, 0.3) is 0 Å². The Balaban J connectivity index is 2.94. The van der Waals surface area contributed by atoms with Crippen molar-refractivity contribution in [1.82, 2.24) is 0 Å². The first-order valence-electron chi connectivity index (χ1n) is 7.69. The van der Waals surface area contributed by atoms with Crippen molar-refractivity contribution in [2.75, 3.05) is 17.5 Å². The van der Waals surface area contributed by atoms with Gasteiger partial charge in [-0.2, -0.15) is 0 Å². The second-order valence-corrected chi connectivity index (χ2v) is 5.47. The van der Waals surface area contributed by atoms with E-state index in [1.165, 1.54) is 5.56 Å². The van der Waals surface area contributed by atoms with Gasteiger partial charge >= 0.3 is 0 Å². The number of anilines is 1. The zero-order valence-electron chi connectivity index (χ0n) is 13.3. The molecule has 0 aliphatic heterocycles. The number of para-hydroxylation sites is 1. The fourth-order valence-electron chi connectivity index (χ4n) is 2.02. The summed E-state index contributed by atoms with van der Waals surface area (Å²) in [5, 5.41) is 0. The Morgan fingerprint density at radius 3 is 2.67 bits per heavy atom. The van der Waals surface area contributed by atoms with Crippen LogP contribution in [0.3, 0.4) is 0 Å². The lowest BCUT2D eigenvalue weighted by Crippen LogP contribution is -2.36. The largest absolute Gasteiger partial charge is 0.358 e. The van der Waals surface area contributed by atoms with Gasteiger partial charge in [-0.1, -0.05) is 38.5 Å². The fourth-order valence-corrected chi connectivity index (χ4v) is 2.16. The number of unbranched alkanes of at least 4 members (excludes halogenated alkanes) is 1. The van der Waals surface area contributed by atoms with Gasteiger partial charge in [0.1, 0.15) is 12.6 Å². The molecule has 21 heavy (non-hydrogen) atoms. The van der Waals surface area contributed by atoms with E-state index in [0.717, 1.165) is 31.4 Å². The Morgan fingerprint density at radius 1 is 1.33 bits per heavy atom. The number of hydrogen-bond acceptors (Lipinski definition) is 2. The van der Waals surface area contributed by atoms with Crippen LogP contribution in [-0.2, 0) is 16.0 Å². The van der Waals surface area contributed by atoms with E-state index >= 15 is 0 Å². The third-order valence-electron chi connectivity index (χ3n) is 3.56. The van der Waals surface area contributed by atoms with Crippen LogP contribution in [0, 0.1) is 0 Å². The topological polar surface area (TPSA) is 29.5 Å². The summed E-state index contributed by atoms with van der Waals surface area (Å²) in [6.45, 7) is 6.49. The minimum Gasteiger partial charge on any atom is -0.358 e. The van der Waals surface area contributed by atoms with Crippen molar-refractivity contribution in [3.8, 4) is 0 Å². The zero-order chi connectivity index (χ0) is 15.7. The predicted molar refractivity (Wildman–Crippen MR) is 89.0 cm³/mol. The average molecular weight is 312 g/mol. The second-order valence-electron chi connectivity index (χ2n) is 5.20. The van der Waals surface area contributed by atoms with Crippen LogP contribution < -0.4 is 4.90 Å². The minimum absolute atomic E-state index is 0.0357. The van der Waals surface area contributed by atoms with E-state index in [4.69, 9.17) is 16.3 Å². The molecular formula is C17H26ClNO2. The molecule has 1 rings (SSSR count). The van der Waals surface area contributed by atoms with E-state index < -0.39 is 0 Å². The lowest BCUT2D eigenvalue weighted by atomic mass is 10.1. The van der Waals surface area contributed by atoms with Gasteiger partial charge in [0, 0.05) is 5.69 Å². The summed E-state index contributed by atoms with van der Waals surface area (Å²) in [4.78, 5) is 13.8. The number of aryl methyl sites for hydroxylation is 1. The normalized spacial score (nSPS) is 12.2. The Bertz CT molecular complexity index is 437. The van der Waals surface area contributed by atoms with E-state index in [1.807, 2.05) is 25.1 Å². The minimum atomic E-state index is -0.121. The molecule has 118 valence electrons. The van der Waals surface area contributed by atoms with Crippen molar-refractivity contribution in [3.05, 3.63) is 29.8 Å². The van der Waals surface area contributed by atoms with Crippen LogP contribution in [0.4, 0.5) is 5.69 Å². The molecule has 0 heterocycles. The van der Waals surface area contributed by atoms with Crippen LogP contribution in [0.15, 0.2) is 24.3 Å². The summed E-state index contributed by atoms with van der Waals surface area (Å²) in [5.41, 5.74) is 2.09. The Kier molecular flexibility index (Phi) is 8.40. The van der Waals surface area contributed by atoms with E-state index in [9.17, 15) is 4.79 Å². The molecule has 4 heteroatoms. The average Bonchev–Trinajstić information content (AvgIpc) is 2.53. The molecule has 0 N–H and O–H groups in total. The summed E-state index contributed by atoms with van der Waals surface area (Å²) in [5.74, 6) is -0.157.